The van der Waals surface area contributed by atoms with E-state index in [4.69, 9.17) is 0 Å². The molecule has 15 heavy (non-hydrogen) atoms. The third-order valence-corrected chi connectivity index (χ3v) is 2.86. The fraction of sp³-hybridized carbons (Fsp3) is 0.462. The minimum absolute atomic E-state index is 0.0305. The van der Waals surface area contributed by atoms with Gasteiger partial charge in [0.15, 0.2) is 0 Å². The molecule has 0 bridgehead atoms. The second-order valence-corrected chi connectivity index (χ2v) is 4.13. The SMILES string of the molecule is CC(=O)NC(C)C(C)c1ccccc1C. The number of nitrogens with one attached hydrogen (secondary N) is 1. The summed E-state index contributed by atoms with van der Waals surface area (Å²) in [7, 11) is 0. The molecule has 1 N–H and O–H groups in total. The topological polar surface area (TPSA) is 29.1 Å². The van der Waals surface area contributed by atoms with Crippen LogP contribution in [0.25, 0.3) is 0 Å². The van der Waals surface area contributed by atoms with Crippen LogP contribution in [-0.2, 0) is 4.79 Å². The van der Waals surface area contributed by atoms with Gasteiger partial charge in [0.05, 0.1) is 0 Å². The molecule has 0 fully saturated rings. The average molecular weight is 205 g/mol. The lowest BCUT2D eigenvalue weighted by atomic mass is 9.91. The number of aryl methyl sites for hydroxylation is 1. The summed E-state index contributed by atoms with van der Waals surface area (Å²) in [5.74, 6) is 0.373. The molecule has 2 atom stereocenters. The van der Waals surface area contributed by atoms with E-state index in [9.17, 15) is 4.79 Å². The van der Waals surface area contributed by atoms with E-state index in [0.29, 0.717) is 5.92 Å². The maximum atomic E-state index is 11.0. The molecule has 0 saturated heterocycles. The first-order chi connectivity index (χ1) is 7.02. The molecule has 0 aromatic heterocycles. The maximum Gasteiger partial charge on any atom is 0.217 e. The zero-order valence-corrected chi connectivity index (χ0v) is 9.87. The normalized spacial score (nSPS) is 14.4. The summed E-state index contributed by atoms with van der Waals surface area (Å²) in [6.07, 6.45) is 0. The van der Waals surface area contributed by atoms with Crippen molar-refractivity contribution in [2.45, 2.75) is 39.7 Å². The highest BCUT2D eigenvalue weighted by Crippen LogP contribution is 2.22. The molecule has 1 rings (SSSR count). The number of hydrogen-bond donors (Lipinski definition) is 1. The van der Waals surface area contributed by atoms with Crippen LogP contribution in [0.2, 0.25) is 0 Å². The van der Waals surface area contributed by atoms with Crippen LogP contribution in [0.3, 0.4) is 0 Å². The van der Waals surface area contributed by atoms with Crippen LogP contribution in [0.1, 0.15) is 37.8 Å². The summed E-state index contributed by atoms with van der Waals surface area (Å²) in [6.45, 7) is 7.84. The lowest BCUT2D eigenvalue weighted by molar-refractivity contribution is -0.119. The monoisotopic (exact) mass is 205 g/mol. The Morgan fingerprint density at radius 2 is 1.87 bits per heavy atom. The number of rotatable bonds is 3. The minimum atomic E-state index is 0.0305. The molecule has 0 aliphatic heterocycles. The molecular formula is C13H19NO. The van der Waals surface area contributed by atoms with E-state index in [0.717, 1.165) is 0 Å². The molecule has 82 valence electrons. The molecule has 0 spiro atoms. The van der Waals surface area contributed by atoms with Crippen LogP contribution in [0, 0.1) is 6.92 Å². The number of carbonyl (C=O) groups is 1. The van der Waals surface area contributed by atoms with Gasteiger partial charge in [0.25, 0.3) is 0 Å². The molecule has 1 aromatic rings. The Morgan fingerprint density at radius 3 is 2.40 bits per heavy atom. The van der Waals surface area contributed by atoms with E-state index in [2.05, 4.69) is 31.3 Å². The van der Waals surface area contributed by atoms with Crippen LogP contribution >= 0.6 is 0 Å². The Morgan fingerprint density at radius 1 is 1.27 bits per heavy atom. The van der Waals surface area contributed by atoms with Crippen molar-refractivity contribution in [1.82, 2.24) is 5.32 Å². The molecule has 0 aliphatic carbocycles. The zero-order chi connectivity index (χ0) is 11.4. The highest BCUT2D eigenvalue weighted by Gasteiger charge is 2.16. The summed E-state index contributed by atoms with van der Waals surface area (Å²) < 4.78 is 0. The Hall–Kier alpha value is -1.31. The van der Waals surface area contributed by atoms with Crippen LogP contribution in [-0.4, -0.2) is 11.9 Å². The van der Waals surface area contributed by atoms with Crippen LogP contribution in [0.4, 0.5) is 0 Å². The Bertz CT molecular complexity index is 346. The molecule has 0 heterocycles. The quantitative estimate of drug-likeness (QED) is 0.807. The zero-order valence-electron chi connectivity index (χ0n) is 9.87. The van der Waals surface area contributed by atoms with Gasteiger partial charge in [0.1, 0.15) is 0 Å². The smallest absolute Gasteiger partial charge is 0.217 e. The standard InChI is InChI=1S/C13H19NO/c1-9-7-5-6-8-13(9)10(2)11(3)14-12(4)15/h5-8,10-11H,1-4H3,(H,14,15). The van der Waals surface area contributed by atoms with Gasteiger partial charge in [0, 0.05) is 18.9 Å². The van der Waals surface area contributed by atoms with E-state index in [1.165, 1.54) is 11.1 Å². The molecule has 2 heteroatoms. The number of hydrogen-bond acceptors (Lipinski definition) is 1. The highest BCUT2D eigenvalue weighted by molar-refractivity contribution is 5.73. The Kier molecular flexibility index (Phi) is 3.89. The second kappa shape index (κ2) is 4.96. The van der Waals surface area contributed by atoms with E-state index in [1.807, 2.05) is 19.1 Å². The minimum Gasteiger partial charge on any atom is -0.353 e. The molecule has 0 saturated carbocycles. The largest absolute Gasteiger partial charge is 0.353 e. The van der Waals surface area contributed by atoms with Crippen molar-refractivity contribution in [2.24, 2.45) is 0 Å². The number of benzene rings is 1. The van der Waals surface area contributed by atoms with Crippen LogP contribution in [0.15, 0.2) is 24.3 Å². The summed E-state index contributed by atoms with van der Waals surface area (Å²) in [4.78, 5) is 11.0. The highest BCUT2D eigenvalue weighted by atomic mass is 16.1. The lowest BCUT2D eigenvalue weighted by Crippen LogP contribution is -2.34. The number of carbonyl (C=O) groups excluding carboxylic acids is 1. The molecule has 1 aromatic carbocycles. The Labute approximate surface area is 91.7 Å². The van der Waals surface area contributed by atoms with Crippen molar-refractivity contribution in [2.75, 3.05) is 0 Å². The van der Waals surface area contributed by atoms with Crippen molar-refractivity contribution in [3.63, 3.8) is 0 Å². The van der Waals surface area contributed by atoms with Crippen molar-refractivity contribution in [3.8, 4) is 0 Å². The van der Waals surface area contributed by atoms with E-state index in [1.54, 1.807) is 6.92 Å². The van der Waals surface area contributed by atoms with Crippen LogP contribution in [0.5, 0.6) is 0 Å². The van der Waals surface area contributed by atoms with E-state index in [-0.39, 0.29) is 11.9 Å². The van der Waals surface area contributed by atoms with Gasteiger partial charge in [-0.2, -0.15) is 0 Å². The van der Waals surface area contributed by atoms with E-state index < -0.39 is 0 Å². The first-order valence-corrected chi connectivity index (χ1v) is 5.35. The van der Waals surface area contributed by atoms with Gasteiger partial charge in [-0.25, -0.2) is 0 Å². The third kappa shape index (κ3) is 3.08. The Balaban J connectivity index is 2.80. The summed E-state index contributed by atoms with van der Waals surface area (Å²) in [6, 6.07) is 8.47. The fourth-order valence-corrected chi connectivity index (χ4v) is 1.81. The molecule has 0 aliphatic rings. The molecule has 1 amide bonds. The van der Waals surface area contributed by atoms with E-state index >= 15 is 0 Å². The van der Waals surface area contributed by atoms with Crippen molar-refractivity contribution in [1.29, 1.82) is 0 Å². The summed E-state index contributed by atoms with van der Waals surface area (Å²) in [5.41, 5.74) is 2.58. The predicted octanol–water partition coefficient (Wildman–Crippen LogP) is 2.62. The first kappa shape index (κ1) is 11.8. The first-order valence-electron chi connectivity index (χ1n) is 5.35. The average Bonchev–Trinajstić information content (AvgIpc) is 2.16. The summed E-state index contributed by atoms with van der Waals surface area (Å²) >= 11 is 0. The molecule has 2 nitrogen and oxygen atoms in total. The van der Waals surface area contributed by atoms with Gasteiger partial charge in [-0.15, -0.1) is 0 Å². The third-order valence-electron chi connectivity index (χ3n) is 2.86. The van der Waals surface area contributed by atoms with Crippen molar-refractivity contribution < 1.29 is 4.79 Å². The van der Waals surface area contributed by atoms with Crippen molar-refractivity contribution in [3.05, 3.63) is 35.4 Å². The molecule has 2 unspecified atom stereocenters. The maximum absolute atomic E-state index is 11.0. The van der Waals surface area contributed by atoms with Gasteiger partial charge in [-0.3, -0.25) is 4.79 Å². The fourth-order valence-electron chi connectivity index (χ4n) is 1.81. The molecule has 0 radical (unpaired) electrons. The van der Waals surface area contributed by atoms with Gasteiger partial charge in [-0.05, 0) is 25.0 Å². The van der Waals surface area contributed by atoms with Gasteiger partial charge >= 0.3 is 0 Å². The van der Waals surface area contributed by atoms with Gasteiger partial charge in [-0.1, -0.05) is 31.2 Å². The lowest BCUT2D eigenvalue weighted by Gasteiger charge is -2.22. The van der Waals surface area contributed by atoms with Gasteiger partial charge in [0.2, 0.25) is 5.91 Å². The predicted molar refractivity (Wildman–Crippen MR) is 62.9 cm³/mol. The van der Waals surface area contributed by atoms with Crippen LogP contribution < -0.4 is 5.32 Å². The summed E-state index contributed by atoms with van der Waals surface area (Å²) in [5, 5.41) is 2.93. The number of amides is 1. The molecular weight excluding hydrogens is 186 g/mol. The second-order valence-electron chi connectivity index (χ2n) is 4.13. The van der Waals surface area contributed by atoms with Crippen molar-refractivity contribution >= 4 is 5.91 Å². The van der Waals surface area contributed by atoms with Gasteiger partial charge < -0.3 is 5.32 Å².